The van der Waals surface area contributed by atoms with E-state index in [0.29, 0.717) is 5.56 Å². The van der Waals surface area contributed by atoms with Crippen molar-refractivity contribution in [2.45, 2.75) is 0 Å². The number of hydrogen-bond donors (Lipinski definition) is 0. The molecule has 5 nitrogen and oxygen atoms in total. The fourth-order valence-corrected chi connectivity index (χ4v) is 2.13. The highest BCUT2D eigenvalue weighted by Gasteiger charge is 2.19. The molecule has 2 aromatic carbocycles. The molecule has 0 aliphatic heterocycles. The molecule has 0 radical (unpaired) electrons. The number of ketones is 1. The van der Waals surface area contributed by atoms with E-state index < -0.39 is 4.92 Å². The average molecular weight is 371 g/mol. The second kappa shape index (κ2) is 6.69. The summed E-state index contributed by atoms with van der Waals surface area (Å²) in [4.78, 5) is 22.3. The fourth-order valence-electron chi connectivity index (χ4n) is 1.64. The molecule has 0 unspecified atom stereocenters. The molecule has 108 valence electrons. The van der Waals surface area contributed by atoms with Crippen LogP contribution in [-0.2, 0) is 0 Å². The van der Waals surface area contributed by atoms with E-state index in [2.05, 4.69) is 15.9 Å². The van der Waals surface area contributed by atoms with Crippen LogP contribution < -0.4 is 4.74 Å². The number of benzene rings is 2. The van der Waals surface area contributed by atoms with Crippen molar-refractivity contribution in [2.24, 2.45) is 0 Å². The Morgan fingerprint density at radius 1 is 1.24 bits per heavy atom. The van der Waals surface area contributed by atoms with Gasteiger partial charge in [0, 0.05) is 16.1 Å². The van der Waals surface area contributed by atoms with Crippen LogP contribution in [0.25, 0.3) is 0 Å². The lowest BCUT2D eigenvalue weighted by Gasteiger charge is -2.08. The summed E-state index contributed by atoms with van der Waals surface area (Å²) in [6.07, 6.45) is 0. The van der Waals surface area contributed by atoms with E-state index in [1.165, 1.54) is 18.2 Å². The molecule has 0 N–H and O–H groups in total. The smallest absolute Gasteiger partial charge is 0.312 e. The fraction of sp³-hybridized carbons (Fsp3) is 0.0714. The average Bonchev–Trinajstić information content (AvgIpc) is 2.46. The molecule has 7 heteroatoms. The first-order valence-corrected chi connectivity index (χ1v) is 7.00. The molecule has 0 saturated heterocycles. The van der Waals surface area contributed by atoms with E-state index in [9.17, 15) is 14.9 Å². The molecule has 0 atom stereocenters. The molecule has 0 heterocycles. The predicted octanol–water partition coefficient (Wildman–Crippen LogP) is 4.27. The zero-order valence-electron chi connectivity index (χ0n) is 10.6. The summed E-state index contributed by atoms with van der Waals surface area (Å²) in [5.74, 6) is -0.397. The van der Waals surface area contributed by atoms with E-state index in [1.54, 1.807) is 24.3 Å². The van der Waals surface area contributed by atoms with Gasteiger partial charge in [-0.1, -0.05) is 45.7 Å². The second-order valence-electron chi connectivity index (χ2n) is 4.06. The maximum atomic E-state index is 12.0. The van der Waals surface area contributed by atoms with Crippen molar-refractivity contribution >= 4 is 39.0 Å². The van der Waals surface area contributed by atoms with Crippen LogP contribution in [0.4, 0.5) is 5.69 Å². The summed E-state index contributed by atoms with van der Waals surface area (Å²) < 4.78 is 6.09. The van der Waals surface area contributed by atoms with Crippen LogP contribution >= 0.6 is 27.5 Å². The molecular formula is C14H9BrClNO4. The van der Waals surface area contributed by atoms with Gasteiger partial charge in [-0.3, -0.25) is 14.9 Å². The molecule has 0 bridgehead atoms. The number of nitro benzene ring substituents is 1. The van der Waals surface area contributed by atoms with E-state index in [1.807, 2.05) is 0 Å². The van der Waals surface area contributed by atoms with E-state index >= 15 is 0 Å². The van der Waals surface area contributed by atoms with Crippen molar-refractivity contribution in [3.8, 4) is 5.75 Å². The zero-order valence-corrected chi connectivity index (χ0v) is 12.9. The Labute approximate surface area is 133 Å². The minimum absolute atomic E-state index is 0.0906. The number of halogens is 2. The number of hydrogen-bond acceptors (Lipinski definition) is 4. The highest BCUT2D eigenvalue weighted by molar-refractivity contribution is 9.10. The van der Waals surface area contributed by atoms with Crippen molar-refractivity contribution in [1.82, 2.24) is 0 Å². The van der Waals surface area contributed by atoms with Gasteiger partial charge in [-0.15, -0.1) is 0 Å². The van der Waals surface area contributed by atoms with Crippen LogP contribution in [0.1, 0.15) is 10.4 Å². The van der Waals surface area contributed by atoms with Crippen LogP contribution in [0.2, 0.25) is 5.02 Å². The number of para-hydroxylation sites is 1. The van der Waals surface area contributed by atoms with Gasteiger partial charge in [-0.2, -0.15) is 0 Å². The van der Waals surface area contributed by atoms with Crippen LogP contribution in [0.3, 0.4) is 0 Å². The Morgan fingerprint density at radius 3 is 2.52 bits per heavy atom. The summed E-state index contributed by atoms with van der Waals surface area (Å²) in [5, 5.41) is 11.0. The molecule has 0 fully saturated rings. The van der Waals surface area contributed by atoms with Crippen molar-refractivity contribution < 1.29 is 14.5 Å². The van der Waals surface area contributed by atoms with Gasteiger partial charge >= 0.3 is 5.69 Å². The maximum absolute atomic E-state index is 12.0. The lowest BCUT2D eigenvalue weighted by atomic mass is 10.1. The third-order valence-electron chi connectivity index (χ3n) is 2.66. The molecule has 0 aromatic heterocycles. The lowest BCUT2D eigenvalue weighted by Crippen LogP contribution is -2.12. The van der Waals surface area contributed by atoms with Crippen LogP contribution in [0.5, 0.6) is 5.75 Å². The van der Waals surface area contributed by atoms with Crippen LogP contribution in [0.15, 0.2) is 46.9 Å². The normalized spacial score (nSPS) is 10.2. The Hall–Kier alpha value is -1.92. The number of carbonyl (C=O) groups excluding carboxylic acids is 1. The third-order valence-corrected chi connectivity index (χ3v) is 3.48. The van der Waals surface area contributed by atoms with Gasteiger partial charge in [0.15, 0.2) is 12.4 Å². The summed E-state index contributed by atoms with van der Waals surface area (Å²) in [7, 11) is 0. The first kappa shape index (κ1) is 15.5. The zero-order chi connectivity index (χ0) is 15.4. The largest absolute Gasteiger partial charge is 0.477 e. The molecule has 2 aromatic rings. The van der Waals surface area contributed by atoms with E-state index in [4.69, 9.17) is 16.3 Å². The summed E-state index contributed by atoms with van der Waals surface area (Å²) in [6, 6.07) is 10.9. The summed E-state index contributed by atoms with van der Waals surface area (Å²) >= 11 is 9.15. The lowest BCUT2D eigenvalue weighted by molar-refractivity contribution is -0.385. The number of Topliss-reactive ketones (excluding diaryl/α,β-unsaturated/α-hetero) is 1. The maximum Gasteiger partial charge on any atom is 0.312 e. The van der Waals surface area contributed by atoms with Gasteiger partial charge in [0.05, 0.1) is 9.95 Å². The first-order chi connectivity index (χ1) is 9.99. The predicted molar refractivity (Wildman–Crippen MR) is 82.1 cm³/mol. The van der Waals surface area contributed by atoms with Gasteiger partial charge in [0.2, 0.25) is 5.75 Å². The van der Waals surface area contributed by atoms with Crippen molar-refractivity contribution in [1.29, 1.82) is 0 Å². The molecule has 0 aliphatic rings. The standard InChI is InChI=1S/C14H9BrClNO4/c15-10-6-4-9(5-7-10)13(18)8-21-14-11(16)2-1-3-12(14)17(19)20/h1-7H,8H2. The Bertz CT molecular complexity index is 688. The first-order valence-electron chi connectivity index (χ1n) is 5.83. The molecule has 2 rings (SSSR count). The van der Waals surface area contributed by atoms with E-state index in [-0.39, 0.29) is 28.8 Å². The van der Waals surface area contributed by atoms with Gasteiger partial charge in [0.25, 0.3) is 0 Å². The topological polar surface area (TPSA) is 69.4 Å². The van der Waals surface area contributed by atoms with Gasteiger partial charge in [0.1, 0.15) is 0 Å². The molecule has 0 saturated carbocycles. The third kappa shape index (κ3) is 3.80. The number of nitrogens with zero attached hydrogens (tertiary/aromatic N) is 1. The quantitative estimate of drug-likeness (QED) is 0.448. The van der Waals surface area contributed by atoms with Crippen molar-refractivity contribution in [3.63, 3.8) is 0 Å². The van der Waals surface area contributed by atoms with Gasteiger partial charge in [-0.25, -0.2) is 0 Å². The Morgan fingerprint density at radius 2 is 1.90 bits per heavy atom. The number of ether oxygens (including phenoxy) is 1. The molecule has 21 heavy (non-hydrogen) atoms. The highest BCUT2D eigenvalue weighted by Crippen LogP contribution is 2.34. The SMILES string of the molecule is O=C(COc1c(Cl)cccc1[N+](=O)[O-])c1ccc(Br)cc1. The monoisotopic (exact) mass is 369 g/mol. The molecule has 0 spiro atoms. The highest BCUT2D eigenvalue weighted by atomic mass is 79.9. The number of nitro groups is 1. The molecule has 0 aliphatic carbocycles. The van der Waals surface area contributed by atoms with Crippen molar-refractivity contribution in [3.05, 3.63) is 67.6 Å². The summed E-state index contributed by atoms with van der Waals surface area (Å²) in [6.45, 7) is -0.327. The molecule has 0 amide bonds. The van der Waals surface area contributed by atoms with Gasteiger partial charge < -0.3 is 4.74 Å². The Balaban J connectivity index is 2.15. The van der Waals surface area contributed by atoms with Crippen LogP contribution in [0, 0.1) is 10.1 Å². The second-order valence-corrected chi connectivity index (χ2v) is 5.39. The number of carbonyl (C=O) groups is 1. The van der Waals surface area contributed by atoms with Gasteiger partial charge in [-0.05, 0) is 18.2 Å². The number of rotatable bonds is 5. The summed E-state index contributed by atoms with van der Waals surface area (Å²) in [5.41, 5.74) is 0.180. The Kier molecular flexibility index (Phi) is 4.93. The van der Waals surface area contributed by atoms with E-state index in [0.717, 1.165) is 4.47 Å². The minimum atomic E-state index is -0.606. The van der Waals surface area contributed by atoms with Crippen molar-refractivity contribution in [2.75, 3.05) is 6.61 Å². The minimum Gasteiger partial charge on any atom is -0.477 e. The molecular weight excluding hydrogens is 362 g/mol. The van der Waals surface area contributed by atoms with Crippen LogP contribution in [-0.4, -0.2) is 17.3 Å².